The van der Waals surface area contributed by atoms with Gasteiger partial charge in [0, 0.05) is 0 Å². The highest BCUT2D eigenvalue weighted by Crippen LogP contribution is 2.47. The fourth-order valence-corrected chi connectivity index (χ4v) is 8.36. The number of ether oxygens (including phenoxy) is 1. The molecule has 4 rings (SSSR count). The first-order chi connectivity index (χ1) is 14.8. The van der Waals surface area contributed by atoms with E-state index >= 15 is 0 Å². The summed E-state index contributed by atoms with van der Waals surface area (Å²) in [6, 6.07) is 40.9. The Hall–Kier alpha value is -3.35. The van der Waals surface area contributed by atoms with Crippen LogP contribution in [0, 0.1) is 0 Å². The van der Waals surface area contributed by atoms with Crippen LogP contribution in [0.15, 0.2) is 121 Å². The monoisotopic (exact) mass is 410 g/mol. The van der Waals surface area contributed by atoms with Crippen LogP contribution < -0.4 is 15.9 Å². The van der Waals surface area contributed by atoms with Gasteiger partial charge in [0.25, 0.3) is 0 Å². The van der Waals surface area contributed by atoms with Crippen molar-refractivity contribution in [3.8, 4) is 0 Å². The first-order valence-electron chi connectivity index (χ1n) is 9.85. The lowest BCUT2D eigenvalue weighted by molar-refractivity contribution is -0.132. The molecule has 4 aromatic rings. The van der Waals surface area contributed by atoms with E-state index in [-0.39, 0.29) is 5.97 Å². The Morgan fingerprint density at radius 1 is 0.567 bits per heavy atom. The minimum absolute atomic E-state index is 0.300. The number of carbonyl (C=O) groups excluding carboxylic acids is 1. The number of benzene rings is 4. The van der Waals surface area contributed by atoms with E-state index in [0.29, 0.717) is 5.29 Å². The first-order valence-corrected chi connectivity index (χ1v) is 11.6. The molecule has 0 aromatic heterocycles. The van der Waals surface area contributed by atoms with Crippen molar-refractivity contribution < 1.29 is 9.53 Å². The summed E-state index contributed by atoms with van der Waals surface area (Å²) in [4.78, 5) is 13.4. The molecule has 30 heavy (non-hydrogen) atoms. The van der Waals surface area contributed by atoms with Gasteiger partial charge in [0.2, 0.25) is 0 Å². The zero-order chi connectivity index (χ0) is 20.8. The summed E-state index contributed by atoms with van der Waals surface area (Å²) in [5.74, 6) is -0.300. The van der Waals surface area contributed by atoms with Crippen LogP contribution in [0.3, 0.4) is 0 Å². The second-order valence-electron chi connectivity index (χ2n) is 6.88. The van der Waals surface area contributed by atoms with E-state index in [0.717, 1.165) is 21.5 Å². The lowest BCUT2D eigenvalue weighted by Gasteiger charge is -2.32. The molecule has 0 amide bonds. The molecule has 0 spiro atoms. The second kappa shape index (κ2) is 8.98. The summed E-state index contributed by atoms with van der Waals surface area (Å²) >= 11 is 0. The molecule has 148 valence electrons. The predicted molar refractivity (Wildman–Crippen MR) is 128 cm³/mol. The fraction of sp³-hybridized carbons (Fsp3) is 0.0370. The van der Waals surface area contributed by atoms with Crippen molar-refractivity contribution in [2.75, 3.05) is 7.11 Å². The van der Waals surface area contributed by atoms with Crippen LogP contribution in [0.2, 0.25) is 0 Å². The lowest BCUT2D eigenvalue weighted by atomic mass is 10.1. The molecule has 0 unspecified atom stereocenters. The Balaban J connectivity index is 2.31. The van der Waals surface area contributed by atoms with Gasteiger partial charge < -0.3 is 4.74 Å². The van der Waals surface area contributed by atoms with Gasteiger partial charge in [0.05, 0.1) is 12.4 Å². The van der Waals surface area contributed by atoms with Crippen LogP contribution >= 0.6 is 6.89 Å². The summed E-state index contributed by atoms with van der Waals surface area (Å²) in [7, 11) is 1.46. The molecule has 0 aliphatic carbocycles. The standard InChI is InChI=1S/C27H23O2P/c1-29-27(28)26(22-14-6-2-7-15-22)30(23-16-8-3-9-17-23,24-18-10-4-11-19-24)25-20-12-5-13-21-25/h2-21H,1H3. The molecular weight excluding hydrogens is 387 g/mol. The summed E-state index contributed by atoms with van der Waals surface area (Å²) in [5.41, 5.74) is 0.884. The zero-order valence-electron chi connectivity index (χ0n) is 16.8. The molecule has 0 fully saturated rings. The van der Waals surface area contributed by atoms with E-state index < -0.39 is 6.89 Å². The lowest BCUT2D eigenvalue weighted by Crippen LogP contribution is -2.34. The van der Waals surface area contributed by atoms with Gasteiger partial charge in [0.15, 0.2) is 0 Å². The van der Waals surface area contributed by atoms with E-state index in [2.05, 4.69) is 36.4 Å². The van der Waals surface area contributed by atoms with Gasteiger partial charge in [-0.15, -0.1) is 0 Å². The highest BCUT2D eigenvalue weighted by molar-refractivity contribution is 7.96. The van der Waals surface area contributed by atoms with Crippen LogP contribution in [0.25, 0.3) is 0 Å². The van der Waals surface area contributed by atoms with Crippen LogP contribution in [0.5, 0.6) is 0 Å². The largest absolute Gasteiger partial charge is 0.465 e. The van der Waals surface area contributed by atoms with E-state index in [1.165, 1.54) is 7.11 Å². The SMILES string of the molecule is COC(=O)C(c1ccccc1)=P(c1ccccc1)(c1ccccc1)c1ccccc1. The second-order valence-corrected chi connectivity index (χ2v) is 10.2. The van der Waals surface area contributed by atoms with Crippen LogP contribution in [0.4, 0.5) is 0 Å². The highest BCUT2D eigenvalue weighted by atomic mass is 31.2. The van der Waals surface area contributed by atoms with Gasteiger partial charge in [-0.05, 0) is 28.4 Å². The van der Waals surface area contributed by atoms with E-state index in [9.17, 15) is 4.79 Å². The summed E-state index contributed by atoms with van der Waals surface area (Å²) in [6.45, 7) is -2.52. The van der Waals surface area contributed by atoms with E-state index in [1.807, 2.05) is 84.9 Å². The molecular formula is C27H23O2P. The Kier molecular flexibility index (Phi) is 5.97. The van der Waals surface area contributed by atoms with Crippen molar-refractivity contribution in [1.29, 1.82) is 0 Å². The Labute approximate surface area is 177 Å². The molecule has 0 atom stereocenters. The highest BCUT2D eigenvalue weighted by Gasteiger charge is 2.34. The number of esters is 1. The normalized spacial score (nSPS) is 11.0. The third kappa shape index (κ3) is 3.51. The molecule has 0 aliphatic rings. The smallest absolute Gasteiger partial charge is 0.339 e. The minimum Gasteiger partial charge on any atom is -0.465 e. The quantitative estimate of drug-likeness (QED) is 0.361. The van der Waals surface area contributed by atoms with E-state index in [4.69, 9.17) is 4.74 Å². The number of rotatable bonds is 5. The van der Waals surface area contributed by atoms with E-state index in [1.54, 1.807) is 0 Å². The maximum absolute atomic E-state index is 13.4. The Bertz CT molecular complexity index is 1070. The molecule has 4 aromatic carbocycles. The number of methoxy groups -OCH3 is 1. The molecule has 0 bridgehead atoms. The van der Waals surface area contributed by atoms with Crippen molar-refractivity contribution in [3.05, 3.63) is 127 Å². The van der Waals surface area contributed by atoms with Gasteiger partial charge in [-0.3, -0.25) is 0 Å². The van der Waals surface area contributed by atoms with Crippen molar-refractivity contribution in [2.24, 2.45) is 0 Å². The molecule has 2 nitrogen and oxygen atoms in total. The van der Waals surface area contributed by atoms with Crippen LogP contribution in [-0.4, -0.2) is 18.4 Å². The van der Waals surface area contributed by atoms with Crippen molar-refractivity contribution >= 4 is 34.1 Å². The maximum Gasteiger partial charge on any atom is 0.339 e. The van der Waals surface area contributed by atoms with Crippen LogP contribution in [0.1, 0.15) is 5.56 Å². The average Bonchev–Trinajstić information content (AvgIpc) is 2.84. The topological polar surface area (TPSA) is 26.3 Å². The maximum atomic E-state index is 13.4. The van der Waals surface area contributed by atoms with Gasteiger partial charge >= 0.3 is 5.97 Å². The fourth-order valence-electron chi connectivity index (χ4n) is 3.93. The van der Waals surface area contributed by atoms with Gasteiger partial charge in [-0.25, -0.2) is 4.79 Å². The van der Waals surface area contributed by atoms with Crippen molar-refractivity contribution in [3.63, 3.8) is 0 Å². The van der Waals surface area contributed by atoms with Gasteiger partial charge in [0.1, 0.15) is 0 Å². The van der Waals surface area contributed by atoms with Gasteiger partial charge in [-0.1, -0.05) is 121 Å². The molecule has 0 heterocycles. The third-order valence-electron chi connectivity index (χ3n) is 5.19. The third-order valence-corrected chi connectivity index (χ3v) is 9.52. The summed E-state index contributed by atoms with van der Waals surface area (Å²) < 4.78 is 5.39. The predicted octanol–water partition coefficient (Wildman–Crippen LogP) is 4.37. The number of hydrogen-bond acceptors (Lipinski definition) is 2. The molecule has 3 heteroatoms. The zero-order valence-corrected chi connectivity index (χ0v) is 17.7. The van der Waals surface area contributed by atoms with Crippen molar-refractivity contribution in [2.45, 2.75) is 0 Å². The Morgan fingerprint density at radius 3 is 1.23 bits per heavy atom. The number of carbonyl (C=O) groups is 1. The molecule has 0 N–H and O–H groups in total. The summed E-state index contributed by atoms with van der Waals surface area (Å²) in [6.07, 6.45) is 0. The average molecular weight is 410 g/mol. The molecule has 0 saturated heterocycles. The number of hydrogen-bond donors (Lipinski definition) is 0. The minimum atomic E-state index is -2.52. The summed E-state index contributed by atoms with van der Waals surface area (Å²) in [5, 5.41) is 4.05. The molecule has 0 saturated carbocycles. The van der Waals surface area contributed by atoms with Gasteiger partial charge in [-0.2, -0.15) is 0 Å². The first kappa shape index (κ1) is 19.9. The van der Waals surface area contributed by atoms with Crippen LogP contribution in [-0.2, 0) is 9.53 Å². The Morgan fingerprint density at radius 2 is 0.900 bits per heavy atom. The molecule has 0 radical (unpaired) electrons. The molecule has 0 aliphatic heterocycles. The van der Waals surface area contributed by atoms with Crippen molar-refractivity contribution in [1.82, 2.24) is 0 Å².